The van der Waals surface area contributed by atoms with Crippen LogP contribution in [0.4, 0.5) is 0 Å². The first-order valence-electron chi connectivity index (χ1n) is 5.98. The summed E-state index contributed by atoms with van der Waals surface area (Å²) < 4.78 is 48.9. The van der Waals surface area contributed by atoms with Gasteiger partial charge in [-0.25, -0.2) is 21.6 Å². The monoisotopic (exact) mass is 299 g/mol. The zero-order chi connectivity index (χ0) is 14.0. The molecule has 1 rings (SSSR count). The summed E-state index contributed by atoms with van der Waals surface area (Å²) in [5, 5.41) is 8.25. The second-order valence-corrected chi connectivity index (χ2v) is 9.42. The van der Waals surface area contributed by atoms with Gasteiger partial charge in [0.25, 0.3) is 0 Å². The molecule has 108 valence electrons. The number of aliphatic hydroxyl groups excluding tert-OH is 1. The highest BCUT2D eigenvalue weighted by Crippen LogP contribution is 2.19. The Balaban J connectivity index is 2.70. The number of aliphatic hydroxyl groups is 1. The number of nitrogens with one attached hydrogen (secondary N) is 1. The van der Waals surface area contributed by atoms with E-state index < -0.39 is 31.2 Å². The molecule has 2 atom stereocenters. The predicted molar refractivity (Wildman–Crippen MR) is 69.4 cm³/mol. The first-order valence-corrected chi connectivity index (χ1v) is 9.35. The maximum Gasteiger partial charge on any atom is 0.215 e. The second-order valence-electron chi connectivity index (χ2n) is 5.20. The molecule has 1 aliphatic rings. The average Bonchev–Trinajstić information content (AvgIpc) is 2.57. The van der Waals surface area contributed by atoms with Gasteiger partial charge in [-0.3, -0.25) is 0 Å². The topological polar surface area (TPSA) is 101 Å². The van der Waals surface area contributed by atoms with Gasteiger partial charge < -0.3 is 5.11 Å². The summed E-state index contributed by atoms with van der Waals surface area (Å²) in [6, 6.07) is -0.543. The van der Waals surface area contributed by atoms with Gasteiger partial charge in [0.2, 0.25) is 10.0 Å². The number of hydrogen-bond acceptors (Lipinski definition) is 5. The molecule has 6 nitrogen and oxygen atoms in total. The molecule has 0 aromatic rings. The van der Waals surface area contributed by atoms with Gasteiger partial charge in [0.15, 0.2) is 9.84 Å². The Morgan fingerprint density at radius 2 is 2.00 bits per heavy atom. The standard InChI is InChI=1S/C10H21NO5S2/c1-8(2)5-9(6-12)11-18(15,16)10-3-4-17(13,14)7-10/h8-12H,3-7H2,1-2H3. The largest absolute Gasteiger partial charge is 0.395 e. The number of hydrogen-bond donors (Lipinski definition) is 2. The molecule has 2 unspecified atom stereocenters. The van der Waals surface area contributed by atoms with E-state index in [4.69, 9.17) is 5.11 Å². The Kier molecular flexibility index (Phi) is 5.16. The molecule has 0 aromatic carbocycles. The van der Waals surface area contributed by atoms with Crippen molar-refractivity contribution in [1.82, 2.24) is 4.72 Å². The minimum absolute atomic E-state index is 0.0768. The molecule has 0 spiro atoms. The summed E-state index contributed by atoms with van der Waals surface area (Å²) in [5.41, 5.74) is 0. The zero-order valence-electron chi connectivity index (χ0n) is 10.7. The van der Waals surface area contributed by atoms with Crippen molar-refractivity contribution in [2.75, 3.05) is 18.1 Å². The highest BCUT2D eigenvalue weighted by Gasteiger charge is 2.38. The SMILES string of the molecule is CC(C)CC(CO)NS(=O)(=O)C1CCS(=O)(=O)C1. The van der Waals surface area contributed by atoms with Crippen LogP contribution in [0.1, 0.15) is 26.7 Å². The van der Waals surface area contributed by atoms with Crippen LogP contribution in [0.3, 0.4) is 0 Å². The summed E-state index contributed by atoms with van der Waals surface area (Å²) >= 11 is 0. The number of sulfone groups is 1. The quantitative estimate of drug-likeness (QED) is 0.688. The molecule has 18 heavy (non-hydrogen) atoms. The van der Waals surface area contributed by atoms with Crippen LogP contribution in [0.15, 0.2) is 0 Å². The van der Waals surface area contributed by atoms with E-state index in [1.165, 1.54) is 0 Å². The lowest BCUT2D eigenvalue weighted by Crippen LogP contribution is -2.43. The summed E-state index contributed by atoms with van der Waals surface area (Å²) in [5.74, 6) is -0.147. The van der Waals surface area contributed by atoms with E-state index in [1.807, 2.05) is 13.8 Å². The van der Waals surface area contributed by atoms with Crippen LogP contribution in [0.5, 0.6) is 0 Å². The van der Waals surface area contributed by atoms with Crippen LogP contribution in [-0.4, -0.2) is 51.3 Å². The summed E-state index contributed by atoms with van der Waals surface area (Å²) in [6.07, 6.45) is 0.659. The molecule has 0 radical (unpaired) electrons. The van der Waals surface area contributed by atoms with Gasteiger partial charge in [-0.2, -0.15) is 0 Å². The van der Waals surface area contributed by atoms with Crippen molar-refractivity contribution in [2.45, 2.75) is 38.0 Å². The molecule has 1 fully saturated rings. The minimum Gasteiger partial charge on any atom is -0.395 e. The maximum absolute atomic E-state index is 12.0. The number of sulfonamides is 1. The molecular weight excluding hydrogens is 278 g/mol. The fourth-order valence-corrected chi connectivity index (χ4v) is 6.35. The lowest BCUT2D eigenvalue weighted by molar-refractivity contribution is 0.239. The normalized spacial score (nSPS) is 25.4. The summed E-state index contributed by atoms with van der Waals surface area (Å²) in [7, 11) is -6.90. The van der Waals surface area contributed by atoms with Crippen molar-refractivity contribution < 1.29 is 21.9 Å². The van der Waals surface area contributed by atoms with Crippen LogP contribution in [0.2, 0.25) is 0 Å². The fraction of sp³-hybridized carbons (Fsp3) is 1.00. The first-order chi connectivity index (χ1) is 8.16. The second kappa shape index (κ2) is 5.85. The molecule has 0 saturated carbocycles. The van der Waals surface area contributed by atoms with Crippen molar-refractivity contribution in [1.29, 1.82) is 0 Å². The Bertz CT molecular complexity index is 468. The molecule has 0 bridgehead atoms. The van der Waals surface area contributed by atoms with E-state index >= 15 is 0 Å². The smallest absolute Gasteiger partial charge is 0.215 e. The Morgan fingerprint density at radius 3 is 2.39 bits per heavy atom. The van der Waals surface area contributed by atoms with E-state index in [0.29, 0.717) is 6.42 Å². The van der Waals surface area contributed by atoms with Gasteiger partial charge in [0, 0.05) is 6.04 Å². The van der Waals surface area contributed by atoms with E-state index in [2.05, 4.69) is 4.72 Å². The van der Waals surface area contributed by atoms with Crippen molar-refractivity contribution in [3.05, 3.63) is 0 Å². The molecule has 2 N–H and O–H groups in total. The molecule has 8 heteroatoms. The van der Waals surface area contributed by atoms with Gasteiger partial charge in [0.1, 0.15) is 0 Å². The third kappa shape index (κ3) is 4.49. The Hall–Kier alpha value is -0.180. The van der Waals surface area contributed by atoms with Crippen molar-refractivity contribution in [3.8, 4) is 0 Å². The van der Waals surface area contributed by atoms with Crippen molar-refractivity contribution >= 4 is 19.9 Å². The Labute approximate surface area is 109 Å². The average molecular weight is 299 g/mol. The zero-order valence-corrected chi connectivity index (χ0v) is 12.3. The van der Waals surface area contributed by atoms with Crippen LogP contribution in [0, 0.1) is 5.92 Å². The van der Waals surface area contributed by atoms with Crippen molar-refractivity contribution in [3.63, 3.8) is 0 Å². The highest BCUT2D eigenvalue weighted by atomic mass is 32.2. The molecule has 0 aromatic heterocycles. The fourth-order valence-electron chi connectivity index (χ4n) is 2.06. The van der Waals surface area contributed by atoms with Gasteiger partial charge >= 0.3 is 0 Å². The van der Waals surface area contributed by atoms with Crippen LogP contribution >= 0.6 is 0 Å². The predicted octanol–water partition coefficient (Wildman–Crippen LogP) is -0.500. The third-order valence-electron chi connectivity index (χ3n) is 2.94. The number of rotatable bonds is 6. The molecule has 1 heterocycles. The minimum atomic E-state index is -3.68. The van der Waals surface area contributed by atoms with Crippen LogP contribution in [-0.2, 0) is 19.9 Å². The van der Waals surface area contributed by atoms with Crippen molar-refractivity contribution in [2.24, 2.45) is 5.92 Å². The van der Waals surface area contributed by atoms with E-state index in [9.17, 15) is 16.8 Å². The van der Waals surface area contributed by atoms with Crippen LogP contribution in [0.25, 0.3) is 0 Å². The van der Waals surface area contributed by atoms with E-state index in [1.54, 1.807) is 0 Å². The van der Waals surface area contributed by atoms with E-state index in [0.717, 1.165) is 0 Å². The lowest BCUT2D eigenvalue weighted by atomic mass is 10.1. The Morgan fingerprint density at radius 1 is 1.39 bits per heavy atom. The molecule has 1 aliphatic heterocycles. The molecule has 0 aliphatic carbocycles. The van der Waals surface area contributed by atoms with E-state index in [-0.39, 0.29) is 30.5 Å². The van der Waals surface area contributed by atoms with Gasteiger partial charge in [-0.15, -0.1) is 0 Å². The highest BCUT2D eigenvalue weighted by molar-refractivity contribution is 7.95. The van der Waals surface area contributed by atoms with Gasteiger partial charge in [-0.1, -0.05) is 13.8 Å². The third-order valence-corrected chi connectivity index (χ3v) is 6.86. The summed E-state index contributed by atoms with van der Waals surface area (Å²) in [6.45, 7) is 3.57. The molecule has 0 amide bonds. The molecular formula is C10H21NO5S2. The summed E-state index contributed by atoms with van der Waals surface area (Å²) in [4.78, 5) is 0. The lowest BCUT2D eigenvalue weighted by Gasteiger charge is -2.20. The maximum atomic E-state index is 12.0. The van der Waals surface area contributed by atoms with Crippen LogP contribution < -0.4 is 4.72 Å². The van der Waals surface area contributed by atoms with Gasteiger partial charge in [-0.05, 0) is 18.8 Å². The first kappa shape index (κ1) is 15.9. The molecule has 1 saturated heterocycles. The van der Waals surface area contributed by atoms with Gasteiger partial charge in [0.05, 0.1) is 23.4 Å².